The first kappa shape index (κ1) is 12.2. The fraction of sp³-hybridized carbons (Fsp3) is 0.938. The first-order valence-electron chi connectivity index (χ1n) is 8.25. The second kappa shape index (κ2) is 4.21. The average Bonchev–Trinajstić information content (AvgIpc) is 2.37. The second-order valence-corrected chi connectivity index (χ2v) is 7.81. The van der Waals surface area contributed by atoms with E-state index in [2.05, 4.69) is 0 Å². The SMILES string of the molecule is CC(=O)N1CC[NH+](C23CC4CC(CC(C4)C2)C3)CC1. The van der Waals surface area contributed by atoms with Gasteiger partial charge in [0.05, 0.1) is 31.7 Å². The van der Waals surface area contributed by atoms with Gasteiger partial charge in [-0.25, -0.2) is 0 Å². The Balaban J connectivity index is 1.49. The number of quaternary nitrogens is 1. The quantitative estimate of drug-likeness (QED) is 0.740. The third-order valence-corrected chi connectivity index (χ3v) is 6.60. The normalized spacial score (nSPS) is 45.7. The topological polar surface area (TPSA) is 24.8 Å². The fourth-order valence-electron chi connectivity index (χ4n) is 6.17. The molecule has 0 atom stereocenters. The zero-order valence-corrected chi connectivity index (χ0v) is 12.2. The highest BCUT2D eigenvalue weighted by atomic mass is 16.2. The summed E-state index contributed by atoms with van der Waals surface area (Å²) in [5.74, 6) is 3.41. The van der Waals surface area contributed by atoms with E-state index in [0.29, 0.717) is 5.54 Å². The van der Waals surface area contributed by atoms with Crippen molar-refractivity contribution in [3.05, 3.63) is 0 Å². The third-order valence-electron chi connectivity index (χ3n) is 6.60. The van der Waals surface area contributed by atoms with Gasteiger partial charge in [-0.1, -0.05) is 0 Å². The molecule has 3 nitrogen and oxygen atoms in total. The molecule has 1 saturated heterocycles. The summed E-state index contributed by atoms with van der Waals surface area (Å²) < 4.78 is 0. The molecule has 3 heteroatoms. The van der Waals surface area contributed by atoms with E-state index in [0.717, 1.165) is 30.8 Å². The van der Waals surface area contributed by atoms with Crippen LogP contribution in [0, 0.1) is 17.8 Å². The molecule has 1 aliphatic heterocycles. The monoisotopic (exact) mass is 263 g/mol. The van der Waals surface area contributed by atoms with Crippen molar-refractivity contribution in [1.82, 2.24) is 4.90 Å². The Kier molecular flexibility index (Phi) is 2.70. The van der Waals surface area contributed by atoms with E-state index in [1.807, 2.05) is 9.80 Å². The van der Waals surface area contributed by atoms with Crippen LogP contribution in [0.15, 0.2) is 0 Å². The first-order chi connectivity index (χ1) is 9.14. The first-order valence-corrected chi connectivity index (χ1v) is 8.25. The highest BCUT2D eigenvalue weighted by molar-refractivity contribution is 5.73. The van der Waals surface area contributed by atoms with Crippen LogP contribution in [0.2, 0.25) is 0 Å². The summed E-state index contributed by atoms with van der Waals surface area (Å²) in [7, 11) is 0. The third kappa shape index (κ3) is 1.93. The summed E-state index contributed by atoms with van der Waals surface area (Å²) in [5.41, 5.74) is 0.623. The number of amides is 1. The van der Waals surface area contributed by atoms with Gasteiger partial charge in [0.2, 0.25) is 5.91 Å². The molecular weight excluding hydrogens is 236 g/mol. The van der Waals surface area contributed by atoms with E-state index < -0.39 is 0 Å². The molecule has 19 heavy (non-hydrogen) atoms. The van der Waals surface area contributed by atoms with Crippen LogP contribution in [0.1, 0.15) is 45.4 Å². The standard InChI is InChI=1S/C16H26N2O/c1-12(19)17-2-4-18(5-3-17)16-9-13-6-14(10-16)8-15(7-13)11-16/h13-15H,2-11H2,1H3/p+1. The molecule has 5 aliphatic rings. The summed E-state index contributed by atoms with van der Waals surface area (Å²) in [4.78, 5) is 15.4. The lowest BCUT2D eigenvalue weighted by Gasteiger charge is -2.59. The van der Waals surface area contributed by atoms with E-state index in [4.69, 9.17) is 0 Å². The highest BCUT2D eigenvalue weighted by Crippen LogP contribution is 2.54. The van der Waals surface area contributed by atoms with Gasteiger partial charge in [-0.05, 0) is 37.0 Å². The molecule has 5 fully saturated rings. The predicted molar refractivity (Wildman–Crippen MR) is 73.9 cm³/mol. The highest BCUT2D eigenvalue weighted by Gasteiger charge is 2.56. The van der Waals surface area contributed by atoms with Gasteiger partial charge in [0.15, 0.2) is 0 Å². The molecule has 106 valence electrons. The molecule has 0 aromatic carbocycles. The Labute approximate surface area is 116 Å². The minimum absolute atomic E-state index is 0.268. The number of carbonyl (C=O) groups is 1. The van der Waals surface area contributed by atoms with E-state index in [1.165, 1.54) is 51.6 Å². The van der Waals surface area contributed by atoms with Crippen LogP contribution in [0.25, 0.3) is 0 Å². The number of hydrogen-bond donors (Lipinski definition) is 1. The molecule has 0 aromatic heterocycles. The van der Waals surface area contributed by atoms with Crippen molar-refractivity contribution in [1.29, 1.82) is 0 Å². The van der Waals surface area contributed by atoms with Gasteiger partial charge >= 0.3 is 0 Å². The van der Waals surface area contributed by atoms with Crippen molar-refractivity contribution in [3.8, 4) is 0 Å². The summed E-state index contributed by atoms with van der Waals surface area (Å²) >= 11 is 0. The van der Waals surface area contributed by atoms with Crippen LogP contribution in [0.3, 0.4) is 0 Å². The summed E-state index contributed by atoms with van der Waals surface area (Å²) in [5, 5.41) is 0. The molecule has 0 radical (unpaired) electrons. The predicted octanol–water partition coefficient (Wildman–Crippen LogP) is 0.702. The largest absolute Gasteiger partial charge is 0.332 e. The lowest BCUT2D eigenvalue weighted by molar-refractivity contribution is -0.962. The number of piperazine rings is 1. The van der Waals surface area contributed by atoms with E-state index >= 15 is 0 Å². The van der Waals surface area contributed by atoms with Crippen LogP contribution in [-0.4, -0.2) is 42.5 Å². The molecule has 5 rings (SSSR count). The van der Waals surface area contributed by atoms with Gasteiger partial charge < -0.3 is 9.80 Å². The maximum atomic E-state index is 11.5. The fourth-order valence-corrected chi connectivity index (χ4v) is 6.17. The van der Waals surface area contributed by atoms with Crippen LogP contribution in [-0.2, 0) is 4.79 Å². The molecule has 0 aromatic rings. The minimum atomic E-state index is 0.268. The van der Waals surface area contributed by atoms with Crippen LogP contribution >= 0.6 is 0 Å². The zero-order chi connectivity index (χ0) is 13.0. The van der Waals surface area contributed by atoms with Gasteiger partial charge in [-0.2, -0.15) is 0 Å². The molecular formula is C16H27N2O+. The van der Waals surface area contributed by atoms with E-state index in [1.54, 1.807) is 6.92 Å². The van der Waals surface area contributed by atoms with Crippen molar-refractivity contribution >= 4 is 5.91 Å². The molecule has 0 spiro atoms. The molecule has 1 heterocycles. The number of nitrogens with zero attached hydrogens (tertiary/aromatic N) is 1. The van der Waals surface area contributed by atoms with Crippen LogP contribution in [0.5, 0.6) is 0 Å². The van der Waals surface area contributed by atoms with Crippen molar-refractivity contribution < 1.29 is 9.69 Å². The molecule has 4 aliphatic carbocycles. The summed E-state index contributed by atoms with van der Waals surface area (Å²) in [6, 6.07) is 0. The van der Waals surface area contributed by atoms with Crippen molar-refractivity contribution in [2.24, 2.45) is 17.8 Å². The number of carbonyl (C=O) groups excluding carboxylic acids is 1. The minimum Gasteiger partial charge on any atom is -0.332 e. The van der Waals surface area contributed by atoms with Crippen molar-refractivity contribution in [2.45, 2.75) is 51.0 Å². The Bertz CT molecular complexity index is 349. The zero-order valence-electron chi connectivity index (χ0n) is 12.2. The van der Waals surface area contributed by atoms with E-state index in [-0.39, 0.29) is 5.91 Å². The van der Waals surface area contributed by atoms with Crippen LogP contribution in [0.4, 0.5) is 0 Å². The molecule has 1 N–H and O–H groups in total. The van der Waals surface area contributed by atoms with Gasteiger partial charge in [-0.15, -0.1) is 0 Å². The Morgan fingerprint density at radius 1 is 1.00 bits per heavy atom. The maximum absolute atomic E-state index is 11.5. The Hall–Kier alpha value is -0.570. The van der Waals surface area contributed by atoms with Crippen molar-refractivity contribution in [2.75, 3.05) is 26.2 Å². The Morgan fingerprint density at radius 3 is 1.89 bits per heavy atom. The molecule has 4 saturated carbocycles. The lowest BCUT2D eigenvalue weighted by Crippen LogP contribution is -3.23. The van der Waals surface area contributed by atoms with Gasteiger partial charge in [0, 0.05) is 26.2 Å². The summed E-state index contributed by atoms with van der Waals surface area (Å²) in [6.07, 6.45) is 9.08. The van der Waals surface area contributed by atoms with Crippen LogP contribution < -0.4 is 4.90 Å². The molecule has 4 bridgehead atoms. The maximum Gasteiger partial charge on any atom is 0.219 e. The van der Waals surface area contributed by atoms with Gasteiger partial charge in [-0.3, -0.25) is 4.79 Å². The van der Waals surface area contributed by atoms with Gasteiger partial charge in [0.1, 0.15) is 0 Å². The number of rotatable bonds is 1. The Morgan fingerprint density at radius 2 is 1.47 bits per heavy atom. The lowest BCUT2D eigenvalue weighted by atomic mass is 9.52. The number of nitrogens with one attached hydrogen (secondary N) is 1. The number of hydrogen-bond acceptors (Lipinski definition) is 1. The second-order valence-electron chi connectivity index (χ2n) is 7.81. The van der Waals surface area contributed by atoms with Crippen molar-refractivity contribution in [3.63, 3.8) is 0 Å². The van der Waals surface area contributed by atoms with Gasteiger partial charge in [0.25, 0.3) is 0 Å². The summed E-state index contributed by atoms with van der Waals surface area (Å²) in [6.45, 7) is 6.10. The molecule has 0 unspecified atom stereocenters. The molecule has 1 amide bonds. The van der Waals surface area contributed by atoms with E-state index in [9.17, 15) is 4.79 Å². The average molecular weight is 263 g/mol. The smallest absolute Gasteiger partial charge is 0.219 e.